The van der Waals surface area contributed by atoms with Gasteiger partial charge >= 0.3 is 0 Å². The van der Waals surface area contributed by atoms with Crippen molar-refractivity contribution in [2.24, 2.45) is 0 Å². The second-order valence-electron chi connectivity index (χ2n) is 9.31. The molecule has 2 aromatic heterocycles. The molecular weight excluding hydrogens is 463 g/mol. The van der Waals surface area contributed by atoms with Crippen molar-refractivity contribution in [2.75, 3.05) is 26.3 Å². The number of aromatic nitrogens is 5. The zero-order chi connectivity index (χ0) is 24.5. The van der Waals surface area contributed by atoms with E-state index in [2.05, 4.69) is 25.4 Å². The number of ether oxygens (including phenoxy) is 2. The van der Waals surface area contributed by atoms with Crippen LogP contribution in [0, 0.1) is 5.82 Å². The van der Waals surface area contributed by atoms with Crippen LogP contribution in [0.4, 0.5) is 4.39 Å². The Bertz CT molecular complexity index is 1430. The molecule has 0 spiro atoms. The van der Waals surface area contributed by atoms with Gasteiger partial charge in [0.15, 0.2) is 17.3 Å². The van der Waals surface area contributed by atoms with Crippen molar-refractivity contribution in [3.63, 3.8) is 0 Å². The first-order valence-electron chi connectivity index (χ1n) is 12.4. The smallest absolute Gasteiger partial charge is 0.253 e. The number of hydrogen-bond acceptors (Lipinski definition) is 7. The molecule has 6 rings (SSSR count). The summed E-state index contributed by atoms with van der Waals surface area (Å²) in [5.74, 6) is 1.59. The summed E-state index contributed by atoms with van der Waals surface area (Å²) in [5.41, 5.74) is 1.95. The number of pyridine rings is 1. The maximum atomic E-state index is 13.5. The highest BCUT2D eigenvalue weighted by atomic mass is 19.1. The third-order valence-electron chi connectivity index (χ3n) is 6.89. The predicted molar refractivity (Wildman–Crippen MR) is 131 cm³/mol. The van der Waals surface area contributed by atoms with E-state index in [1.54, 1.807) is 16.8 Å². The van der Waals surface area contributed by atoms with Crippen LogP contribution in [0.5, 0.6) is 11.5 Å². The van der Waals surface area contributed by atoms with Crippen molar-refractivity contribution >= 4 is 10.9 Å². The molecule has 1 fully saturated rings. The van der Waals surface area contributed by atoms with E-state index in [0.717, 1.165) is 49.7 Å². The first-order chi connectivity index (χ1) is 17.7. The molecule has 2 aliphatic rings. The highest BCUT2D eigenvalue weighted by Gasteiger charge is 2.31. The molecule has 0 amide bonds. The molecule has 1 N–H and O–H groups in total. The molecule has 9 nitrogen and oxygen atoms in total. The second-order valence-corrected chi connectivity index (χ2v) is 9.31. The number of aromatic amines is 1. The van der Waals surface area contributed by atoms with E-state index in [-0.39, 0.29) is 11.4 Å². The molecule has 0 aliphatic carbocycles. The minimum absolute atomic E-state index is 0.190. The average Bonchev–Trinajstić information content (AvgIpc) is 3.16. The summed E-state index contributed by atoms with van der Waals surface area (Å²) in [5, 5.41) is 13.4. The van der Waals surface area contributed by atoms with E-state index in [4.69, 9.17) is 9.47 Å². The lowest BCUT2D eigenvalue weighted by molar-refractivity contribution is 0.172. The minimum atomic E-state index is -0.431. The molecule has 2 aliphatic heterocycles. The molecule has 0 radical (unpaired) electrons. The number of tetrazole rings is 1. The van der Waals surface area contributed by atoms with Crippen LogP contribution in [0.25, 0.3) is 10.9 Å². The Morgan fingerprint density at radius 2 is 1.69 bits per heavy atom. The lowest BCUT2D eigenvalue weighted by atomic mass is 10.0. The van der Waals surface area contributed by atoms with Crippen LogP contribution in [0.1, 0.15) is 48.7 Å². The molecule has 1 atom stereocenters. The lowest BCUT2D eigenvalue weighted by Gasteiger charge is -2.29. The Morgan fingerprint density at radius 1 is 0.972 bits per heavy atom. The summed E-state index contributed by atoms with van der Waals surface area (Å²) in [6.45, 7) is 3.02. The second kappa shape index (κ2) is 9.69. The van der Waals surface area contributed by atoms with Crippen LogP contribution >= 0.6 is 0 Å². The van der Waals surface area contributed by atoms with Gasteiger partial charge in [0.2, 0.25) is 0 Å². The molecule has 2 aromatic carbocycles. The van der Waals surface area contributed by atoms with E-state index in [1.807, 2.05) is 18.2 Å². The van der Waals surface area contributed by atoms with Gasteiger partial charge in [-0.25, -0.2) is 9.07 Å². The third kappa shape index (κ3) is 4.44. The van der Waals surface area contributed by atoms with Gasteiger partial charge in [0.05, 0.1) is 12.1 Å². The zero-order valence-corrected chi connectivity index (χ0v) is 19.8. The molecule has 0 saturated carbocycles. The summed E-state index contributed by atoms with van der Waals surface area (Å²) < 4.78 is 26.6. The largest absolute Gasteiger partial charge is 0.486 e. The van der Waals surface area contributed by atoms with Gasteiger partial charge in [-0.05, 0) is 66.2 Å². The summed E-state index contributed by atoms with van der Waals surface area (Å²) in [7, 11) is 0. The molecule has 186 valence electrons. The van der Waals surface area contributed by atoms with Gasteiger partial charge in [-0.3, -0.25) is 9.69 Å². The van der Waals surface area contributed by atoms with Gasteiger partial charge in [-0.15, -0.1) is 5.10 Å². The first kappa shape index (κ1) is 22.7. The van der Waals surface area contributed by atoms with Crippen molar-refractivity contribution in [3.8, 4) is 11.5 Å². The molecule has 1 saturated heterocycles. The Labute approximate surface area is 206 Å². The quantitative estimate of drug-likeness (QED) is 0.458. The summed E-state index contributed by atoms with van der Waals surface area (Å²) in [6, 6.07) is 11.5. The van der Waals surface area contributed by atoms with Crippen LogP contribution < -0.4 is 15.0 Å². The van der Waals surface area contributed by atoms with Gasteiger partial charge < -0.3 is 14.5 Å². The van der Waals surface area contributed by atoms with E-state index in [0.29, 0.717) is 48.2 Å². The van der Waals surface area contributed by atoms with E-state index in [9.17, 15) is 9.18 Å². The zero-order valence-electron chi connectivity index (χ0n) is 19.8. The Balaban J connectivity index is 1.45. The maximum Gasteiger partial charge on any atom is 0.253 e. The molecule has 36 heavy (non-hydrogen) atoms. The predicted octanol–water partition coefficient (Wildman–Crippen LogP) is 3.44. The van der Waals surface area contributed by atoms with Gasteiger partial charge in [0.25, 0.3) is 5.56 Å². The highest BCUT2D eigenvalue weighted by molar-refractivity contribution is 5.83. The standard InChI is InChI=1S/C26H27FN6O3/c27-19-7-5-17(6-8-19)16-33-25(29-30-31-33)24(32-9-3-1-2-4-10-32)20-13-18-14-22-23(36-12-11-35-22)15-21(18)28-26(20)34/h5-8,13-15,24H,1-4,9-12,16H2,(H,28,34)/t24-/m1/s1. The minimum Gasteiger partial charge on any atom is -0.486 e. The van der Waals surface area contributed by atoms with Crippen molar-refractivity contribution < 1.29 is 13.9 Å². The molecule has 0 bridgehead atoms. The maximum absolute atomic E-state index is 13.5. The first-order valence-corrected chi connectivity index (χ1v) is 12.4. The molecule has 4 aromatic rings. The fourth-order valence-corrected chi connectivity index (χ4v) is 5.10. The van der Waals surface area contributed by atoms with Crippen molar-refractivity contribution in [1.82, 2.24) is 30.1 Å². The normalized spacial score (nSPS) is 17.1. The molecular formula is C26H27FN6O3. The monoisotopic (exact) mass is 490 g/mol. The number of likely N-dealkylation sites (tertiary alicyclic amines) is 1. The van der Waals surface area contributed by atoms with Crippen LogP contribution in [0.2, 0.25) is 0 Å². The lowest BCUT2D eigenvalue weighted by Crippen LogP contribution is -2.36. The topological polar surface area (TPSA) is 98.2 Å². The fourth-order valence-electron chi connectivity index (χ4n) is 5.10. The van der Waals surface area contributed by atoms with Crippen molar-refractivity contribution in [2.45, 2.75) is 38.3 Å². The van der Waals surface area contributed by atoms with Gasteiger partial charge in [-0.1, -0.05) is 25.0 Å². The van der Waals surface area contributed by atoms with Gasteiger partial charge in [0.1, 0.15) is 25.1 Å². The molecule has 4 heterocycles. The van der Waals surface area contributed by atoms with Crippen molar-refractivity contribution in [3.05, 3.63) is 75.6 Å². The Kier molecular flexibility index (Phi) is 6.10. The molecule has 10 heteroatoms. The van der Waals surface area contributed by atoms with E-state index < -0.39 is 6.04 Å². The Morgan fingerprint density at radius 3 is 2.44 bits per heavy atom. The average molecular weight is 491 g/mol. The van der Waals surface area contributed by atoms with Gasteiger partial charge in [0, 0.05) is 17.0 Å². The van der Waals surface area contributed by atoms with Crippen molar-refractivity contribution in [1.29, 1.82) is 0 Å². The number of H-pyrrole nitrogens is 1. The van der Waals surface area contributed by atoms with Crippen LogP contribution in [0.15, 0.2) is 47.3 Å². The fraction of sp³-hybridized carbons (Fsp3) is 0.385. The highest BCUT2D eigenvalue weighted by Crippen LogP contribution is 2.35. The number of halogens is 1. The number of nitrogens with zero attached hydrogens (tertiary/aromatic N) is 5. The van der Waals surface area contributed by atoms with Crippen LogP contribution in [0.3, 0.4) is 0 Å². The Hall–Kier alpha value is -3.79. The third-order valence-corrected chi connectivity index (χ3v) is 6.89. The van der Waals surface area contributed by atoms with E-state index in [1.165, 1.54) is 12.1 Å². The number of rotatable bonds is 5. The summed E-state index contributed by atoms with van der Waals surface area (Å²) >= 11 is 0. The van der Waals surface area contributed by atoms with Crippen LogP contribution in [-0.4, -0.2) is 56.4 Å². The van der Waals surface area contributed by atoms with Gasteiger partial charge in [-0.2, -0.15) is 0 Å². The number of hydrogen-bond donors (Lipinski definition) is 1. The summed E-state index contributed by atoms with van der Waals surface area (Å²) in [4.78, 5) is 18.8. The molecule has 0 unspecified atom stereocenters. The van der Waals surface area contributed by atoms with E-state index >= 15 is 0 Å². The number of fused-ring (bicyclic) bond motifs is 2. The summed E-state index contributed by atoms with van der Waals surface area (Å²) in [6.07, 6.45) is 4.39. The SMILES string of the molecule is O=c1[nH]c2cc3c(cc2cc1[C@H](c1nnnn1Cc1ccc(F)cc1)N1CCCCCC1)OCCO3. The number of nitrogens with one attached hydrogen (secondary N) is 1. The number of benzene rings is 2. The van der Waals surface area contributed by atoms with Crippen LogP contribution in [-0.2, 0) is 6.54 Å².